The van der Waals surface area contributed by atoms with E-state index in [1.807, 2.05) is 19.9 Å². The number of methoxy groups -OCH3 is 1. The molecule has 0 aromatic carbocycles. The monoisotopic (exact) mass is 344 g/mol. The zero-order valence-electron chi connectivity index (χ0n) is 14.8. The molecular formula is C18H24N4O3. The molecule has 1 aliphatic carbocycles. The van der Waals surface area contributed by atoms with Crippen molar-refractivity contribution < 1.29 is 14.6 Å². The van der Waals surface area contributed by atoms with Crippen LogP contribution in [0.15, 0.2) is 24.4 Å². The Balaban J connectivity index is 1.83. The summed E-state index contributed by atoms with van der Waals surface area (Å²) in [5.41, 5.74) is 2.27. The van der Waals surface area contributed by atoms with E-state index in [1.54, 1.807) is 30.1 Å². The van der Waals surface area contributed by atoms with Crippen molar-refractivity contribution in [3.8, 4) is 5.88 Å². The third-order valence-electron chi connectivity index (χ3n) is 4.67. The first-order valence-corrected chi connectivity index (χ1v) is 8.55. The molecule has 1 fully saturated rings. The van der Waals surface area contributed by atoms with Crippen molar-refractivity contribution in [1.82, 2.24) is 20.1 Å². The van der Waals surface area contributed by atoms with Gasteiger partial charge in [-0.15, -0.1) is 0 Å². The molecule has 1 aliphatic rings. The van der Waals surface area contributed by atoms with E-state index in [0.717, 1.165) is 11.3 Å². The maximum absolute atomic E-state index is 12.8. The number of nitrogens with zero attached hydrogens (tertiary/aromatic N) is 3. The van der Waals surface area contributed by atoms with Gasteiger partial charge in [0.15, 0.2) is 0 Å². The number of hydrogen-bond donors (Lipinski definition) is 2. The molecule has 0 aliphatic heterocycles. The lowest BCUT2D eigenvalue weighted by atomic mass is 9.75. The first-order valence-electron chi connectivity index (χ1n) is 8.55. The van der Waals surface area contributed by atoms with E-state index < -0.39 is 0 Å². The van der Waals surface area contributed by atoms with Gasteiger partial charge in [-0.25, -0.2) is 4.98 Å². The summed E-state index contributed by atoms with van der Waals surface area (Å²) in [5, 5.41) is 17.1. The second kappa shape index (κ2) is 7.23. The zero-order chi connectivity index (χ0) is 18.0. The Bertz CT molecular complexity index is 735. The van der Waals surface area contributed by atoms with E-state index in [2.05, 4.69) is 15.4 Å². The molecule has 0 radical (unpaired) electrons. The summed E-state index contributed by atoms with van der Waals surface area (Å²) in [6.07, 6.45) is 2.77. The highest BCUT2D eigenvalue weighted by Gasteiger charge is 2.36. The molecule has 1 saturated carbocycles. The van der Waals surface area contributed by atoms with Crippen LogP contribution in [0, 0.1) is 12.8 Å². The fourth-order valence-corrected chi connectivity index (χ4v) is 3.26. The molecule has 2 aromatic heterocycles. The molecule has 0 bridgehead atoms. The van der Waals surface area contributed by atoms with Crippen molar-refractivity contribution in [3.05, 3.63) is 41.3 Å². The number of amides is 1. The van der Waals surface area contributed by atoms with Gasteiger partial charge in [-0.1, -0.05) is 6.07 Å². The molecule has 2 heterocycles. The normalized spacial score (nSPS) is 20.6. The predicted octanol–water partition coefficient (Wildman–Crippen LogP) is 1.86. The SMILES string of the molecule is CCn1nc(C)cc1C(=O)N[C@@H](c1ccc(OC)nc1)C1CC(O)C1. The minimum Gasteiger partial charge on any atom is -0.481 e. The van der Waals surface area contributed by atoms with Gasteiger partial charge in [0, 0.05) is 18.8 Å². The summed E-state index contributed by atoms with van der Waals surface area (Å²) >= 11 is 0. The summed E-state index contributed by atoms with van der Waals surface area (Å²) in [5.74, 6) is 0.556. The summed E-state index contributed by atoms with van der Waals surface area (Å²) in [6.45, 7) is 4.46. The van der Waals surface area contributed by atoms with Crippen LogP contribution in [0.3, 0.4) is 0 Å². The molecule has 7 nitrogen and oxygen atoms in total. The van der Waals surface area contributed by atoms with E-state index in [1.165, 1.54) is 0 Å². The van der Waals surface area contributed by atoms with Gasteiger partial charge < -0.3 is 15.2 Å². The number of aliphatic hydroxyl groups is 1. The lowest BCUT2D eigenvalue weighted by Crippen LogP contribution is -2.42. The van der Waals surface area contributed by atoms with Crippen LogP contribution < -0.4 is 10.1 Å². The van der Waals surface area contributed by atoms with Gasteiger partial charge in [0.05, 0.1) is 24.9 Å². The lowest BCUT2D eigenvalue weighted by Gasteiger charge is -2.38. The Morgan fingerprint density at radius 3 is 2.80 bits per heavy atom. The quantitative estimate of drug-likeness (QED) is 0.835. The van der Waals surface area contributed by atoms with E-state index in [-0.39, 0.29) is 24.0 Å². The van der Waals surface area contributed by atoms with Crippen LogP contribution in [0.4, 0.5) is 0 Å². The number of carbonyl (C=O) groups is 1. The Morgan fingerprint density at radius 2 is 2.24 bits per heavy atom. The second-order valence-electron chi connectivity index (χ2n) is 6.46. The first kappa shape index (κ1) is 17.4. The maximum Gasteiger partial charge on any atom is 0.270 e. The number of nitrogens with one attached hydrogen (secondary N) is 1. The van der Waals surface area contributed by atoms with Crippen LogP contribution in [-0.4, -0.2) is 39.0 Å². The minimum absolute atomic E-state index is 0.162. The number of ether oxygens (including phenoxy) is 1. The fraction of sp³-hybridized carbons (Fsp3) is 0.500. The van der Waals surface area contributed by atoms with Crippen LogP contribution >= 0.6 is 0 Å². The van der Waals surface area contributed by atoms with Gasteiger partial charge in [-0.05, 0) is 44.2 Å². The molecule has 3 rings (SSSR count). The van der Waals surface area contributed by atoms with Crippen LogP contribution in [0.1, 0.15) is 47.6 Å². The molecule has 7 heteroatoms. The van der Waals surface area contributed by atoms with Crippen molar-refractivity contribution in [3.63, 3.8) is 0 Å². The fourth-order valence-electron chi connectivity index (χ4n) is 3.26. The Morgan fingerprint density at radius 1 is 1.48 bits per heavy atom. The molecule has 2 aromatic rings. The van der Waals surface area contributed by atoms with Gasteiger partial charge >= 0.3 is 0 Å². The number of pyridine rings is 1. The highest BCUT2D eigenvalue weighted by molar-refractivity contribution is 5.93. The average Bonchev–Trinajstić information content (AvgIpc) is 2.98. The first-order chi connectivity index (χ1) is 12.0. The summed E-state index contributed by atoms with van der Waals surface area (Å²) < 4.78 is 6.80. The summed E-state index contributed by atoms with van der Waals surface area (Å²) in [4.78, 5) is 17.0. The molecule has 25 heavy (non-hydrogen) atoms. The number of rotatable bonds is 6. The minimum atomic E-state index is -0.293. The Kier molecular flexibility index (Phi) is 5.03. The zero-order valence-corrected chi connectivity index (χ0v) is 14.8. The molecule has 1 amide bonds. The number of aromatic nitrogens is 3. The molecule has 134 valence electrons. The van der Waals surface area contributed by atoms with Crippen LogP contribution in [0.5, 0.6) is 5.88 Å². The molecular weight excluding hydrogens is 320 g/mol. The molecule has 0 unspecified atom stereocenters. The highest BCUT2D eigenvalue weighted by Crippen LogP contribution is 2.38. The van der Waals surface area contributed by atoms with Crippen molar-refractivity contribution in [1.29, 1.82) is 0 Å². The number of carbonyl (C=O) groups excluding carboxylic acids is 1. The second-order valence-corrected chi connectivity index (χ2v) is 6.46. The van der Waals surface area contributed by atoms with Gasteiger partial charge in [0.1, 0.15) is 5.69 Å². The van der Waals surface area contributed by atoms with E-state index in [9.17, 15) is 9.90 Å². The van der Waals surface area contributed by atoms with Crippen molar-refractivity contribution in [2.45, 2.75) is 45.4 Å². The molecule has 0 spiro atoms. The smallest absolute Gasteiger partial charge is 0.270 e. The number of aryl methyl sites for hydroxylation is 2. The molecule has 2 N–H and O–H groups in total. The van der Waals surface area contributed by atoms with Gasteiger partial charge in [-0.3, -0.25) is 9.48 Å². The molecule has 0 saturated heterocycles. The van der Waals surface area contributed by atoms with Gasteiger partial charge in [0.25, 0.3) is 5.91 Å². The number of aliphatic hydroxyl groups excluding tert-OH is 1. The lowest BCUT2D eigenvalue weighted by molar-refractivity contribution is 0.0233. The third kappa shape index (κ3) is 3.66. The standard InChI is InChI=1S/C18H24N4O3/c1-4-22-15(7-11(2)21-22)18(24)20-17(13-8-14(23)9-13)12-5-6-16(25-3)19-10-12/h5-7,10,13-14,17,23H,4,8-9H2,1-3H3,(H,20,24)/t13?,14?,17-/m0/s1. The van der Waals surface area contributed by atoms with Gasteiger partial charge in [-0.2, -0.15) is 5.10 Å². The maximum atomic E-state index is 12.8. The summed E-state index contributed by atoms with van der Waals surface area (Å²) in [6, 6.07) is 5.28. The number of hydrogen-bond acceptors (Lipinski definition) is 5. The van der Waals surface area contributed by atoms with Crippen LogP contribution in [0.2, 0.25) is 0 Å². The Labute approximate surface area is 147 Å². The Hall–Kier alpha value is -2.41. The molecule has 1 atom stereocenters. The van der Waals surface area contributed by atoms with Crippen LogP contribution in [-0.2, 0) is 6.54 Å². The van der Waals surface area contributed by atoms with Crippen LogP contribution in [0.25, 0.3) is 0 Å². The van der Waals surface area contributed by atoms with Gasteiger partial charge in [0.2, 0.25) is 5.88 Å². The third-order valence-corrected chi connectivity index (χ3v) is 4.67. The highest BCUT2D eigenvalue weighted by atomic mass is 16.5. The topological polar surface area (TPSA) is 89.3 Å². The predicted molar refractivity (Wildman–Crippen MR) is 92.4 cm³/mol. The average molecular weight is 344 g/mol. The van der Waals surface area contributed by atoms with Crippen molar-refractivity contribution in [2.24, 2.45) is 5.92 Å². The largest absolute Gasteiger partial charge is 0.481 e. The van der Waals surface area contributed by atoms with E-state index in [4.69, 9.17) is 4.74 Å². The van der Waals surface area contributed by atoms with E-state index in [0.29, 0.717) is 31.0 Å². The van der Waals surface area contributed by atoms with E-state index >= 15 is 0 Å². The van der Waals surface area contributed by atoms with Crippen molar-refractivity contribution in [2.75, 3.05) is 7.11 Å². The summed E-state index contributed by atoms with van der Waals surface area (Å²) in [7, 11) is 1.57. The van der Waals surface area contributed by atoms with Crippen molar-refractivity contribution >= 4 is 5.91 Å².